The fourth-order valence-corrected chi connectivity index (χ4v) is 3.80. The van der Waals surface area contributed by atoms with Crippen LogP contribution in [0.1, 0.15) is 18.3 Å². The van der Waals surface area contributed by atoms with Gasteiger partial charge in [-0.05, 0) is 25.5 Å². The number of carbonyl (C=O) groups excluding carboxylic acids is 1. The molecule has 1 aromatic carbocycles. The van der Waals surface area contributed by atoms with Gasteiger partial charge in [0.1, 0.15) is 12.4 Å². The van der Waals surface area contributed by atoms with Crippen LogP contribution in [0.4, 0.5) is 5.13 Å². The molecule has 1 N–H and O–H groups in total. The number of thioether (sulfide) groups is 1. The fraction of sp³-hybridized carbons (Fsp3) is 0.263. The van der Waals surface area contributed by atoms with Gasteiger partial charge in [-0.15, -0.1) is 28.1 Å². The standard InChI is InChI=1S/C19H21N5O2S2/c1-4-10-24-16(12-26-15-8-6-5-7-13(15)2)22-23-19(24)28-14(3)17(25)21-18-20-9-11-27-18/h4-9,11,14H,1,10,12H2,2-3H3,(H,20,21,25). The van der Waals surface area contributed by atoms with Gasteiger partial charge in [-0.3, -0.25) is 9.36 Å². The van der Waals surface area contributed by atoms with E-state index in [1.807, 2.05) is 48.1 Å². The Bertz CT molecular complexity index is 940. The normalized spacial score (nSPS) is 11.8. The molecule has 1 unspecified atom stereocenters. The number of nitrogens with one attached hydrogen (secondary N) is 1. The number of thiazole rings is 1. The average molecular weight is 416 g/mol. The van der Waals surface area contributed by atoms with Crippen LogP contribution in [0.25, 0.3) is 0 Å². The van der Waals surface area contributed by atoms with Gasteiger partial charge in [0.05, 0.1) is 5.25 Å². The molecule has 0 radical (unpaired) electrons. The first-order valence-corrected chi connectivity index (χ1v) is 10.4. The van der Waals surface area contributed by atoms with Gasteiger partial charge in [-0.1, -0.05) is 36.0 Å². The Labute approximate surface area is 171 Å². The van der Waals surface area contributed by atoms with Crippen molar-refractivity contribution in [3.8, 4) is 5.75 Å². The maximum absolute atomic E-state index is 12.4. The molecule has 0 aliphatic rings. The van der Waals surface area contributed by atoms with Crippen molar-refractivity contribution in [3.63, 3.8) is 0 Å². The zero-order chi connectivity index (χ0) is 19.9. The number of para-hydroxylation sites is 1. The van der Waals surface area contributed by atoms with Crippen molar-refractivity contribution < 1.29 is 9.53 Å². The van der Waals surface area contributed by atoms with Gasteiger partial charge in [0.25, 0.3) is 0 Å². The van der Waals surface area contributed by atoms with Crippen molar-refractivity contribution in [1.29, 1.82) is 0 Å². The smallest absolute Gasteiger partial charge is 0.239 e. The van der Waals surface area contributed by atoms with E-state index in [-0.39, 0.29) is 17.8 Å². The minimum Gasteiger partial charge on any atom is -0.485 e. The first kappa shape index (κ1) is 20.1. The molecule has 0 spiro atoms. The number of nitrogens with zero attached hydrogens (tertiary/aromatic N) is 4. The molecule has 0 aliphatic heterocycles. The molecule has 0 aliphatic carbocycles. The van der Waals surface area contributed by atoms with Gasteiger partial charge < -0.3 is 10.1 Å². The SMILES string of the molecule is C=CCn1c(COc2ccccc2C)nnc1SC(C)C(=O)Nc1nccs1. The highest BCUT2D eigenvalue weighted by molar-refractivity contribution is 8.00. The summed E-state index contributed by atoms with van der Waals surface area (Å²) in [6.45, 7) is 8.43. The second-order valence-corrected chi connectivity index (χ2v) is 8.14. The Hall–Kier alpha value is -2.65. The molecule has 7 nitrogen and oxygen atoms in total. The number of anilines is 1. The summed E-state index contributed by atoms with van der Waals surface area (Å²) in [6, 6.07) is 7.81. The van der Waals surface area contributed by atoms with Crippen molar-refractivity contribution in [1.82, 2.24) is 19.7 Å². The Morgan fingerprint density at radius 3 is 2.96 bits per heavy atom. The summed E-state index contributed by atoms with van der Waals surface area (Å²) in [4.78, 5) is 16.4. The van der Waals surface area contributed by atoms with E-state index in [1.165, 1.54) is 23.1 Å². The quantitative estimate of drug-likeness (QED) is 0.421. The highest BCUT2D eigenvalue weighted by Crippen LogP contribution is 2.25. The molecule has 0 saturated heterocycles. The van der Waals surface area contributed by atoms with Crippen molar-refractivity contribution in [2.24, 2.45) is 0 Å². The Morgan fingerprint density at radius 1 is 1.43 bits per heavy atom. The molecule has 0 bridgehead atoms. The zero-order valence-electron chi connectivity index (χ0n) is 15.7. The average Bonchev–Trinajstić information content (AvgIpc) is 3.32. The zero-order valence-corrected chi connectivity index (χ0v) is 17.3. The van der Waals surface area contributed by atoms with Crippen molar-refractivity contribution in [2.45, 2.75) is 37.4 Å². The van der Waals surface area contributed by atoms with E-state index in [0.29, 0.717) is 22.7 Å². The van der Waals surface area contributed by atoms with Crippen molar-refractivity contribution in [2.75, 3.05) is 5.32 Å². The van der Waals surface area contributed by atoms with Crippen LogP contribution < -0.4 is 10.1 Å². The molecule has 2 aromatic heterocycles. The van der Waals surface area contributed by atoms with Crippen LogP contribution in [0, 0.1) is 6.92 Å². The monoisotopic (exact) mass is 415 g/mol. The molecular weight excluding hydrogens is 394 g/mol. The van der Waals surface area contributed by atoms with E-state index >= 15 is 0 Å². The second kappa shape index (κ2) is 9.52. The molecule has 9 heteroatoms. The van der Waals surface area contributed by atoms with E-state index in [1.54, 1.807) is 12.3 Å². The predicted molar refractivity (Wildman–Crippen MR) is 112 cm³/mol. The van der Waals surface area contributed by atoms with Gasteiger partial charge in [0, 0.05) is 18.1 Å². The molecule has 0 fully saturated rings. The summed E-state index contributed by atoms with van der Waals surface area (Å²) in [5.74, 6) is 1.35. The number of rotatable bonds is 9. The predicted octanol–water partition coefficient (Wildman–Crippen LogP) is 3.93. The minimum atomic E-state index is -0.359. The van der Waals surface area contributed by atoms with Gasteiger partial charge in [0.2, 0.25) is 5.91 Å². The van der Waals surface area contributed by atoms with E-state index in [9.17, 15) is 4.79 Å². The van der Waals surface area contributed by atoms with Crippen LogP contribution in [0.2, 0.25) is 0 Å². The third kappa shape index (κ3) is 4.99. The summed E-state index contributed by atoms with van der Waals surface area (Å²) < 4.78 is 7.80. The number of allylic oxidation sites excluding steroid dienone is 1. The summed E-state index contributed by atoms with van der Waals surface area (Å²) in [5.41, 5.74) is 1.05. The van der Waals surface area contributed by atoms with Crippen LogP contribution in [0.3, 0.4) is 0 Å². The first-order valence-electron chi connectivity index (χ1n) is 8.67. The number of aromatic nitrogens is 4. The lowest BCUT2D eigenvalue weighted by Crippen LogP contribution is -2.23. The van der Waals surface area contributed by atoms with Crippen LogP contribution >= 0.6 is 23.1 Å². The lowest BCUT2D eigenvalue weighted by Gasteiger charge is -2.12. The van der Waals surface area contributed by atoms with Crippen LogP contribution in [-0.2, 0) is 17.9 Å². The van der Waals surface area contributed by atoms with Crippen LogP contribution in [-0.4, -0.2) is 30.9 Å². The number of benzene rings is 1. The Kier molecular flexibility index (Phi) is 6.83. The molecule has 1 amide bonds. The third-order valence-electron chi connectivity index (χ3n) is 3.87. The summed E-state index contributed by atoms with van der Waals surface area (Å²) in [7, 11) is 0. The topological polar surface area (TPSA) is 81.9 Å². The number of hydrogen-bond donors (Lipinski definition) is 1. The van der Waals surface area contributed by atoms with Gasteiger partial charge in [-0.25, -0.2) is 4.98 Å². The maximum Gasteiger partial charge on any atom is 0.239 e. The number of carbonyl (C=O) groups is 1. The summed E-state index contributed by atoms with van der Waals surface area (Å²) >= 11 is 2.72. The van der Waals surface area contributed by atoms with Gasteiger partial charge in [0.15, 0.2) is 16.1 Å². The van der Waals surface area contributed by atoms with Crippen LogP contribution in [0.15, 0.2) is 53.7 Å². The summed E-state index contributed by atoms with van der Waals surface area (Å²) in [6.07, 6.45) is 3.42. The Balaban J connectivity index is 1.68. The summed E-state index contributed by atoms with van der Waals surface area (Å²) in [5, 5.41) is 14.0. The Morgan fingerprint density at radius 2 is 2.25 bits per heavy atom. The molecule has 3 aromatic rings. The highest BCUT2D eigenvalue weighted by atomic mass is 32.2. The van der Waals surface area contributed by atoms with E-state index in [2.05, 4.69) is 27.1 Å². The molecule has 2 heterocycles. The van der Waals surface area contributed by atoms with Crippen molar-refractivity contribution in [3.05, 3.63) is 59.9 Å². The first-order chi connectivity index (χ1) is 13.6. The fourth-order valence-electron chi connectivity index (χ4n) is 2.39. The number of hydrogen-bond acceptors (Lipinski definition) is 7. The number of amides is 1. The van der Waals surface area contributed by atoms with E-state index in [0.717, 1.165) is 11.3 Å². The molecular formula is C19H21N5O2S2. The van der Waals surface area contributed by atoms with E-state index < -0.39 is 0 Å². The van der Waals surface area contributed by atoms with Gasteiger partial charge in [-0.2, -0.15) is 0 Å². The van der Waals surface area contributed by atoms with Crippen molar-refractivity contribution >= 4 is 34.1 Å². The maximum atomic E-state index is 12.4. The number of ether oxygens (including phenoxy) is 1. The largest absolute Gasteiger partial charge is 0.485 e. The molecule has 146 valence electrons. The third-order valence-corrected chi connectivity index (χ3v) is 5.64. The minimum absolute atomic E-state index is 0.134. The lowest BCUT2D eigenvalue weighted by molar-refractivity contribution is -0.115. The molecule has 1 atom stereocenters. The molecule has 3 rings (SSSR count). The highest BCUT2D eigenvalue weighted by Gasteiger charge is 2.20. The molecule has 0 saturated carbocycles. The number of aryl methyl sites for hydroxylation is 1. The van der Waals surface area contributed by atoms with Crippen LogP contribution in [0.5, 0.6) is 5.75 Å². The second-order valence-electron chi connectivity index (χ2n) is 5.94. The molecule has 28 heavy (non-hydrogen) atoms. The van der Waals surface area contributed by atoms with E-state index in [4.69, 9.17) is 4.74 Å². The lowest BCUT2D eigenvalue weighted by atomic mass is 10.2. The van der Waals surface area contributed by atoms with Gasteiger partial charge >= 0.3 is 0 Å².